The molecule has 0 amide bonds. The van der Waals surface area contributed by atoms with Crippen LogP contribution in [0.5, 0.6) is 0 Å². The van der Waals surface area contributed by atoms with Crippen LogP contribution in [-0.4, -0.2) is 18.4 Å². The maximum atomic E-state index is 12.0. The fraction of sp³-hybridized carbons (Fsp3) is 0.944. The molecule has 3 nitrogen and oxygen atoms in total. The highest BCUT2D eigenvalue weighted by molar-refractivity contribution is 5.75. The van der Waals surface area contributed by atoms with E-state index in [0.717, 1.165) is 18.3 Å². The Morgan fingerprint density at radius 1 is 1.10 bits per heavy atom. The van der Waals surface area contributed by atoms with E-state index in [1.165, 1.54) is 32.1 Å². The van der Waals surface area contributed by atoms with Crippen molar-refractivity contribution < 1.29 is 14.3 Å². The zero-order valence-electron chi connectivity index (χ0n) is 14.0. The first kappa shape index (κ1) is 15.3. The molecule has 0 unspecified atom stereocenters. The molecule has 4 rings (SSSR count). The molecule has 0 atom stereocenters. The first-order valence-electron chi connectivity index (χ1n) is 8.66. The average Bonchev–Trinajstić information content (AvgIpc) is 2.44. The van der Waals surface area contributed by atoms with Gasteiger partial charge in [-0.25, -0.2) is 0 Å². The van der Waals surface area contributed by atoms with E-state index in [-0.39, 0.29) is 18.4 Å². The molecule has 0 heterocycles. The second-order valence-electron chi connectivity index (χ2n) is 8.42. The van der Waals surface area contributed by atoms with Gasteiger partial charge in [-0.15, -0.1) is 0 Å². The number of ether oxygens (including phenoxy) is 2. The van der Waals surface area contributed by atoms with E-state index in [9.17, 15) is 4.79 Å². The minimum Gasteiger partial charge on any atom is -0.438 e. The summed E-state index contributed by atoms with van der Waals surface area (Å²) in [5, 5.41) is 0. The van der Waals surface area contributed by atoms with Gasteiger partial charge in [0, 0.05) is 0 Å². The van der Waals surface area contributed by atoms with Crippen molar-refractivity contribution in [3.05, 3.63) is 0 Å². The molecule has 4 fully saturated rings. The Kier molecular flexibility index (Phi) is 3.84. The predicted octanol–water partition coefficient (Wildman–Crippen LogP) is 4.15. The summed E-state index contributed by atoms with van der Waals surface area (Å²) in [5.74, 6) is 3.08. The standard InChI is InChI=1S/C18H30O3/c1-5-17(2,3)16(19)20-11-21-18(4)14-7-12-6-13(9-14)10-15(18)8-12/h12-15H,5-11H2,1-4H3. The molecule has 21 heavy (non-hydrogen) atoms. The summed E-state index contributed by atoms with van der Waals surface area (Å²) in [6, 6.07) is 0. The van der Waals surface area contributed by atoms with Gasteiger partial charge in [-0.2, -0.15) is 0 Å². The first-order chi connectivity index (χ1) is 9.85. The van der Waals surface area contributed by atoms with Crippen molar-refractivity contribution in [2.75, 3.05) is 6.79 Å². The van der Waals surface area contributed by atoms with Crippen LogP contribution in [0, 0.1) is 29.1 Å². The highest BCUT2D eigenvalue weighted by Crippen LogP contribution is 2.59. The van der Waals surface area contributed by atoms with Crippen molar-refractivity contribution in [2.24, 2.45) is 29.1 Å². The van der Waals surface area contributed by atoms with Gasteiger partial charge in [0.2, 0.25) is 0 Å². The smallest absolute Gasteiger partial charge is 0.313 e. The maximum Gasteiger partial charge on any atom is 0.313 e. The minimum absolute atomic E-state index is 0.0654. The molecule has 0 spiro atoms. The van der Waals surface area contributed by atoms with Crippen LogP contribution in [0.4, 0.5) is 0 Å². The van der Waals surface area contributed by atoms with Crippen molar-refractivity contribution >= 4 is 5.97 Å². The molecule has 0 aliphatic heterocycles. The van der Waals surface area contributed by atoms with Crippen LogP contribution in [-0.2, 0) is 14.3 Å². The van der Waals surface area contributed by atoms with Gasteiger partial charge < -0.3 is 9.47 Å². The van der Waals surface area contributed by atoms with E-state index in [1.807, 2.05) is 20.8 Å². The summed E-state index contributed by atoms with van der Waals surface area (Å²) in [5.41, 5.74) is -0.474. The molecule has 0 N–H and O–H groups in total. The van der Waals surface area contributed by atoms with E-state index < -0.39 is 5.41 Å². The molecule has 3 heteroatoms. The van der Waals surface area contributed by atoms with Crippen LogP contribution >= 0.6 is 0 Å². The van der Waals surface area contributed by atoms with Crippen LogP contribution < -0.4 is 0 Å². The zero-order valence-corrected chi connectivity index (χ0v) is 14.0. The topological polar surface area (TPSA) is 35.5 Å². The van der Waals surface area contributed by atoms with E-state index in [2.05, 4.69) is 6.92 Å². The summed E-state index contributed by atoms with van der Waals surface area (Å²) >= 11 is 0. The second kappa shape index (κ2) is 5.26. The summed E-state index contributed by atoms with van der Waals surface area (Å²) in [6.45, 7) is 8.26. The molecule has 0 aromatic rings. The molecule has 0 radical (unpaired) electrons. The molecular formula is C18H30O3. The highest BCUT2D eigenvalue weighted by Gasteiger charge is 2.55. The van der Waals surface area contributed by atoms with Crippen LogP contribution in [0.1, 0.15) is 66.2 Å². The zero-order chi connectivity index (χ0) is 15.3. The SMILES string of the molecule is CCC(C)(C)C(=O)OCOC1(C)C2CC3CC(C2)CC1C3. The van der Waals surface area contributed by atoms with Crippen LogP contribution in [0.3, 0.4) is 0 Å². The summed E-state index contributed by atoms with van der Waals surface area (Å²) < 4.78 is 11.6. The van der Waals surface area contributed by atoms with Gasteiger partial charge in [-0.3, -0.25) is 4.79 Å². The largest absolute Gasteiger partial charge is 0.438 e. The summed E-state index contributed by atoms with van der Waals surface area (Å²) in [6.07, 6.45) is 7.51. The molecule has 120 valence electrons. The molecule has 4 bridgehead atoms. The average molecular weight is 294 g/mol. The molecule has 0 aromatic heterocycles. The molecule has 4 aliphatic carbocycles. The normalized spacial score (nSPS) is 41.3. The Morgan fingerprint density at radius 3 is 2.10 bits per heavy atom. The lowest BCUT2D eigenvalue weighted by atomic mass is 9.50. The van der Waals surface area contributed by atoms with Gasteiger partial charge in [0.05, 0.1) is 11.0 Å². The van der Waals surface area contributed by atoms with Crippen LogP contribution in [0.25, 0.3) is 0 Å². The van der Waals surface area contributed by atoms with Gasteiger partial charge >= 0.3 is 5.97 Å². The highest BCUT2D eigenvalue weighted by atomic mass is 16.7. The number of esters is 1. The van der Waals surface area contributed by atoms with E-state index >= 15 is 0 Å². The van der Waals surface area contributed by atoms with Crippen LogP contribution in [0.15, 0.2) is 0 Å². The Hall–Kier alpha value is -0.570. The lowest BCUT2D eigenvalue weighted by Gasteiger charge is -2.59. The van der Waals surface area contributed by atoms with Crippen LogP contribution in [0.2, 0.25) is 0 Å². The maximum absolute atomic E-state index is 12.0. The van der Waals surface area contributed by atoms with Gasteiger partial charge in [0.15, 0.2) is 6.79 Å². The molecule has 0 aromatic carbocycles. The molecular weight excluding hydrogens is 264 g/mol. The fourth-order valence-corrected chi connectivity index (χ4v) is 4.91. The van der Waals surface area contributed by atoms with Crippen molar-refractivity contribution in [3.63, 3.8) is 0 Å². The Balaban J connectivity index is 1.57. The summed E-state index contributed by atoms with van der Waals surface area (Å²) in [4.78, 5) is 12.0. The molecule has 4 saturated carbocycles. The van der Waals surface area contributed by atoms with Gasteiger partial charge in [0.25, 0.3) is 0 Å². The number of carbonyl (C=O) groups is 1. The van der Waals surface area contributed by atoms with Crippen molar-refractivity contribution in [3.8, 4) is 0 Å². The minimum atomic E-state index is -0.408. The lowest BCUT2D eigenvalue weighted by molar-refractivity contribution is -0.234. The summed E-state index contributed by atoms with van der Waals surface area (Å²) in [7, 11) is 0. The predicted molar refractivity (Wildman–Crippen MR) is 81.6 cm³/mol. The number of rotatable bonds is 5. The third kappa shape index (κ3) is 2.62. The monoisotopic (exact) mass is 294 g/mol. The third-order valence-corrected chi connectivity index (χ3v) is 6.76. The number of hydrogen-bond acceptors (Lipinski definition) is 3. The third-order valence-electron chi connectivity index (χ3n) is 6.76. The van der Waals surface area contributed by atoms with Crippen molar-refractivity contribution in [1.82, 2.24) is 0 Å². The van der Waals surface area contributed by atoms with E-state index in [4.69, 9.17) is 9.47 Å². The number of carbonyl (C=O) groups excluding carboxylic acids is 1. The number of hydrogen-bond donors (Lipinski definition) is 0. The Morgan fingerprint density at radius 2 is 1.62 bits per heavy atom. The second-order valence-corrected chi connectivity index (χ2v) is 8.42. The first-order valence-corrected chi connectivity index (χ1v) is 8.66. The fourth-order valence-electron chi connectivity index (χ4n) is 4.91. The molecule has 4 aliphatic rings. The van der Waals surface area contributed by atoms with Gasteiger partial charge in [0.1, 0.15) is 0 Å². The quantitative estimate of drug-likeness (QED) is 0.564. The van der Waals surface area contributed by atoms with Gasteiger partial charge in [-0.1, -0.05) is 6.92 Å². The molecule has 0 saturated heterocycles. The lowest BCUT2D eigenvalue weighted by Crippen LogP contribution is -2.57. The Labute approximate surface area is 128 Å². The van der Waals surface area contributed by atoms with Gasteiger partial charge in [-0.05, 0) is 83.0 Å². The van der Waals surface area contributed by atoms with Crippen molar-refractivity contribution in [2.45, 2.75) is 71.8 Å². The van der Waals surface area contributed by atoms with E-state index in [1.54, 1.807) is 0 Å². The van der Waals surface area contributed by atoms with Crippen molar-refractivity contribution in [1.29, 1.82) is 0 Å². The Bertz CT molecular complexity index is 385. The van der Waals surface area contributed by atoms with E-state index in [0.29, 0.717) is 11.8 Å².